The summed E-state index contributed by atoms with van der Waals surface area (Å²) in [6.07, 6.45) is 1.49. The van der Waals surface area contributed by atoms with Gasteiger partial charge in [-0.25, -0.2) is 4.57 Å². The highest BCUT2D eigenvalue weighted by molar-refractivity contribution is 8.55. The first kappa shape index (κ1) is 17.0. The molecule has 102 valence electrons. The van der Waals surface area contributed by atoms with Gasteiger partial charge < -0.3 is 13.8 Å². The second-order valence-electron chi connectivity index (χ2n) is 3.38. The Morgan fingerprint density at radius 1 is 1.24 bits per heavy atom. The highest BCUT2D eigenvalue weighted by Crippen LogP contribution is 2.62. The molecule has 7 heteroatoms. The van der Waals surface area contributed by atoms with Crippen molar-refractivity contribution in [2.24, 2.45) is 0 Å². The van der Waals surface area contributed by atoms with E-state index in [0.717, 1.165) is 24.2 Å². The second-order valence-corrected chi connectivity index (χ2v) is 7.69. The van der Waals surface area contributed by atoms with E-state index < -0.39 is 18.0 Å². The quantitative estimate of drug-likeness (QED) is 0.478. The van der Waals surface area contributed by atoms with Gasteiger partial charge in [-0.15, -0.1) is 0 Å². The van der Waals surface area contributed by atoms with E-state index in [4.69, 9.17) is 9.05 Å². The van der Waals surface area contributed by atoms with E-state index in [2.05, 4.69) is 4.74 Å². The van der Waals surface area contributed by atoms with E-state index in [1.165, 1.54) is 7.11 Å². The number of ether oxygens (including phenoxy) is 1. The zero-order valence-corrected chi connectivity index (χ0v) is 12.5. The van der Waals surface area contributed by atoms with Crippen molar-refractivity contribution in [1.82, 2.24) is 0 Å². The first-order valence-corrected chi connectivity index (χ1v) is 8.67. The fraction of sp³-hybridized carbons (Fsp3) is 0.900. The molecule has 0 fully saturated rings. The van der Waals surface area contributed by atoms with Crippen LogP contribution in [-0.2, 0) is 23.1 Å². The van der Waals surface area contributed by atoms with Gasteiger partial charge in [-0.05, 0) is 31.1 Å². The normalized spacial score (nSPS) is 13.4. The molecule has 0 aromatic carbocycles. The molecule has 0 amide bonds. The van der Waals surface area contributed by atoms with Crippen LogP contribution in [-0.4, -0.2) is 31.5 Å². The van der Waals surface area contributed by atoms with Crippen LogP contribution in [0.1, 0.15) is 33.6 Å². The van der Waals surface area contributed by atoms with Gasteiger partial charge >= 0.3 is 12.8 Å². The lowest BCUT2D eigenvalue weighted by Crippen LogP contribution is -2.15. The molecule has 0 bridgehead atoms. The van der Waals surface area contributed by atoms with E-state index in [1.54, 1.807) is 6.92 Å². The summed E-state index contributed by atoms with van der Waals surface area (Å²) in [6.45, 7) is 2.89. The summed E-state index contributed by atoms with van der Waals surface area (Å²) < 4.78 is 27.3. The van der Waals surface area contributed by atoms with Crippen LogP contribution < -0.4 is 0 Å². The maximum Gasteiger partial charge on any atom is 0.389 e. The van der Waals surface area contributed by atoms with Crippen LogP contribution in [0.3, 0.4) is 0 Å². The molecule has 0 saturated heterocycles. The third-order valence-corrected chi connectivity index (χ3v) is 5.85. The van der Waals surface area contributed by atoms with Gasteiger partial charge in [-0.3, -0.25) is 4.79 Å². The highest BCUT2D eigenvalue weighted by Gasteiger charge is 2.31. The van der Waals surface area contributed by atoms with Crippen molar-refractivity contribution in [3.8, 4) is 0 Å². The predicted octanol–water partition coefficient (Wildman–Crippen LogP) is 3.24. The van der Waals surface area contributed by atoms with Crippen molar-refractivity contribution in [3.05, 3.63) is 0 Å². The molecule has 0 N–H and O–H groups in total. The summed E-state index contributed by atoms with van der Waals surface area (Å²) in [4.78, 5) is 11.3. The van der Waals surface area contributed by atoms with Crippen molar-refractivity contribution in [1.29, 1.82) is 0 Å². The van der Waals surface area contributed by atoms with Gasteiger partial charge in [0.15, 0.2) is 0 Å². The molecule has 1 unspecified atom stereocenters. The molecule has 0 spiro atoms. The van der Waals surface area contributed by atoms with E-state index in [1.807, 2.05) is 13.8 Å². The lowest BCUT2D eigenvalue weighted by Gasteiger charge is -2.19. The van der Waals surface area contributed by atoms with E-state index >= 15 is 0 Å². The van der Waals surface area contributed by atoms with Crippen LogP contribution in [0.25, 0.3) is 0 Å². The number of carbonyl (C=O) groups excluding carboxylic acids is 1. The van der Waals surface area contributed by atoms with E-state index in [-0.39, 0.29) is 0 Å². The van der Waals surface area contributed by atoms with Gasteiger partial charge in [-0.2, -0.15) is 0 Å². The monoisotopic (exact) mass is 284 g/mol. The zero-order valence-electron chi connectivity index (χ0n) is 10.8. The number of rotatable bonds is 9. The van der Waals surface area contributed by atoms with Crippen molar-refractivity contribution < 1.29 is 23.1 Å². The van der Waals surface area contributed by atoms with Crippen LogP contribution >= 0.6 is 18.2 Å². The minimum atomic E-state index is -3.26. The van der Waals surface area contributed by atoms with Gasteiger partial charge in [-0.1, -0.05) is 13.8 Å². The van der Waals surface area contributed by atoms with Crippen LogP contribution in [0.4, 0.5) is 0 Å². The fourth-order valence-corrected chi connectivity index (χ4v) is 4.72. The molecule has 0 aromatic heterocycles. The molecule has 5 nitrogen and oxygen atoms in total. The molecular formula is C10H21O5PS. The molecule has 0 aliphatic carbocycles. The average Bonchev–Trinajstić information content (AvgIpc) is 2.33. The Balaban J connectivity index is 4.45. The summed E-state index contributed by atoms with van der Waals surface area (Å²) in [7, 11) is 1.30. The Kier molecular flexibility index (Phi) is 8.96. The molecule has 17 heavy (non-hydrogen) atoms. The van der Waals surface area contributed by atoms with Crippen LogP contribution in [0, 0.1) is 0 Å². The maximum atomic E-state index is 12.3. The Labute approximate surface area is 107 Å². The molecule has 0 heterocycles. The number of hydrogen-bond donors (Lipinski definition) is 0. The summed E-state index contributed by atoms with van der Waals surface area (Å²) in [5.41, 5.74) is 0. The lowest BCUT2D eigenvalue weighted by atomic mass is 10.5. The lowest BCUT2D eigenvalue weighted by molar-refractivity contribution is -0.139. The second kappa shape index (κ2) is 8.97. The molecule has 0 rings (SSSR count). The van der Waals surface area contributed by atoms with Crippen molar-refractivity contribution in [2.75, 3.05) is 20.3 Å². The topological polar surface area (TPSA) is 61.8 Å². The third-order valence-electron chi connectivity index (χ3n) is 1.73. The number of carbonyl (C=O) groups is 1. The molecule has 0 radical (unpaired) electrons. The Bertz CT molecular complexity index is 259. The molecule has 0 saturated carbocycles. The molecule has 0 aromatic rings. The first-order valence-electron chi connectivity index (χ1n) is 5.64. The van der Waals surface area contributed by atoms with Gasteiger partial charge in [0, 0.05) is 0 Å². The van der Waals surface area contributed by atoms with E-state index in [0.29, 0.717) is 13.2 Å². The summed E-state index contributed by atoms with van der Waals surface area (Å²) in [5.74, 6) is -0.435. The maximum absolute atomic E-state index is 12.3. The van der Waals surface area contributed by atoms with Gasteiger partial charge in [0.25, 0.3) is 0 Å². The summed E-state index contributed by atoms with van der Waals surface area (Å²) in [5, 5.41) is -0.570. The van der Waals surface area contributed by atoms with Crippen LogP contribution in [0.15, 0.2) is 0 Å². The number of esters is 1. The van der Waals surface area contributed by atoms with Gasteiger partial charge in [0.1, 0.15) is 5.25 Å². The molecule has 0 aliphatic rings. The molecule has 0 aliphatic heterocycles. The third kappa shape index (κ3) is 7.09. The Hall–Kier alpha value is -0.0300. The van der Waals surface area contributed by atoms with Crippen molar-refractivity contribution in [2.45, 2.75) is 38.9 Å². The van der Waals surface area contributed by atoms with Crippen LogP contribution in [0.5, 0.6) is 0 Å². The minimum absolute atomic E-state index is 0.349. The standard InChI is InChI=1S/C10H21O5PS/c1-5-7-14-16(12,15-8-6-2)17-9(3)10(11)13-4/h9H,5-8H2,1-4H3. The first-order chi connectivity index (χ1) is 7.99. The molecule has 1 atom stereocenters. The zero-order chi connectivity index (χ0) is 13.3. The Morgan fingerprint density at radius 3 is 2.06 bits per heavy atom. The fourth-order valence-electron chi connectivity index (χ4n) is 0.907. The van der Waals surface area contributed by atoms with E-state index in [9.17, 15) is 9.36 Å². The largest absolute Gasteiger partial charge is 0.468 e. The van der Waals surface area contributed by atoms with Crippen LogP contribution in [0.2, 0.25) is 0 Å². The van der Waals surface area contributed by atoms with Crippen molar-refractivity contribution >= 4 is 24.1 Å². The van der Waals surface area contributed by atoms with Crippen molar-refractivity contribution in [3.63, 3.8) is 0 Å². The summed E-state index contributed by atoms with van der Waals surface area (Å²) >= 11 is 0.896. The Morgan fingerprint density at radius 2 is 1.71 bits per heavy atom. The minimum Gasteiger partial charge on any atom is -0.468 e. The van der Waals surface area contributed by atoms with Gasteiger partial charge in [0.05, 0.1) is 20.3 Å². The smallest absolute Gasteiger partial charge is 0.389 e. The average molecular weight is 284 g/mol. The predicted molar refractivity (Wildman–Crippen MR) is 69.2 cm³/mol. The highest BCUT2D eigenvalue weighted by atomic mass is 32.7. The number of methoxy groups -OCH3 is 1. The van der Waals surface area contributed by atoms with Gasteiger partial charge in [0.2, 0.25) is 0 Å². The number of hydrogen-bond acceptors (Lipinski definition) is 6. The SMILES string of the molecule is CCCOP(=O)(OCCC)SC(C)C(=O)OC. The summed E-state index contributed by atoms with van der Waals surface area (Å²) in [6, 6.07) is 0. The molecular weight excluding hydrogens is 263 g/mol.